The first-order valence-corrected chi connectivity index (χ1v) is 12.9. The molecule has 6 heteroatoms. The van der Waals surface area contributed by atoms with Crippen LogP contribution in [0.15, 0.2) is 85.2 Å². The van der Waals surface area contributed by atoms with Crippen LogP contribution < -0.4 is 10.2 Å². The number of halogens is 1. The minimum Gasteiger partial charge on any atom is -0.372 e. The molecule has 6 rings (SSSR count). The number of anilines is 3. The molecule has 3 aromatic carbocycles. The predicted octanol–water partition coefficient (Wildman–Crippen LogP) is 8.07. The SMILES string of the molecule is Clc1ccc(Nc2nccc3cc(N4CCCCCC4)ccc23)cc1-c1ncc(-c2ccccc2)[nH]1. The van der Waals surface area contributed by atoms with Crippen LogP contribution in [0.25, 0.3) is 33.4 Å². The standard InChI is InChI=1S/C30H28ClN5/c31-27-13-10-23(19-26(27)30-33-20-28(35-30)21-8-4-3-5-9-21)34-29-25-12-11-24(18-22(25)14-15-32-29)36-16-6-1-2-7-17-36/h3-5,8-15,18-20H,1-2,6-7,16-17H2,(H,32,34)(H,33,35). The van der Waals surface area contributed by atoms with E-state index in [0.29, 0.717) is 5.02 Å². The fourth-order valence-corrected chi connectivity index (χ4v) is 5.14. The minimum atomic E-state index is 0.641. The molecule has 2 aromatic heterocycles. The maximum Gasteiger partial charge on any atom is 0.139 e. The van der Waals surface area contributed by atoms with Gasteiger partial charge < -0.3 is 15.2 Å². The van der Waals surface area contributed by atoms with E-state index in [0.717, 1.165) is 52.6 Å². The predicted molar refractivity (Wildman–Crippen MR) is 150 cm³/mol. The van der Waals surface area contributed by atoms with Gasteiger partial charge in [-0.3, -0.25) is 0 Å². The van der Waals surface area contributed by atoms with Crippen molar-refractivity contribution in [3.8, 4) is 22.6 Å². The zero-order valence-electron chi connectivity index (χ0n) is 20.0. The van der Waals surface area contributed by atoms with Gasteiger partial charge in [0.25, 0.3) is 0 Å². The van der Waals surface area contributed by atoms with E-state index in [1.165, 1.54) is 36.8 Å². The molecule has 1 fully saturated rings. The van der Waals surface area contributed by atoms with Crippen molar-refractivity contribution < 1.29 is 0 Å². The summed E-state index contributed by atoms with van der Waals surface area (Å²) < 4.78 is 0. The van der Waals surface area contributed by atoms with Crippen molar-refractivity contribution in [1.82, 2.24) is 15.0 Å². The lowest BCUT2D eigenvalue weighted by Gasteiger charge is -2.23. The number of fused-ring (bicyclic) bond motifs is 1. The molecule has 1 aliphatic heterocycles. The van der Waals surface area contributed by atoms with Gasteiger partial charge in [-0.25, -0.2) is 9.97 Å². The second kappa shape index (κ2) is 10.0. The third kappa shape index (κ3) is 4.67. The molecule has 2 N–H and O–H groups in total. The molecule has 1 aliphatic rings. The van der Waals surface area contributed by atoms with E-state index in [1.807, 2.05) is 48.8 Å². The first-order chi connectivity index (χ1) is 17.7. The number of H-pyrrole nitrogens is 1. The Morgan fingerprint density at radius 1 is 0.833 bits per heavy atom. The average Bonchev–Trinajstić information content (AvgIpc) is 3.25. The van der Waals surface area contributed by atoms with Gasteiger partial charge in [0.1, 0.15) is 11.6 Å². The third-order valence-corrected chi connectivity index (χ3v) is 7.19. The third-order valence-electron chi connectivity index (χ3n) is 6.86. The van der Waals surface area contributed by atoms with E-state index in [2.05, 4.69) is 61.6 Å². The maximum absolute atomic E-state index is 6.58. The van der Waals surface area contributed by atoms with Gasteiger partial charge in [-0.2, -0.15) is 0 Å². The van der Waals surface area contributed by atoms with Crippen LogP contribution in [0.3, 0.4) is 0 Å². The molecule has 0 aliphatic carbocycles. The van der Waals surface area contributed by atoms with Crippen molar-refractivity contribution >= 4 is 39.6 Å². The zero-order chi connectivity index (χ0) is 24.3. The number of hydrogen-bond acceptors (Lipinski definition) is 4. The summed E-state index contributed by atoms with van der Waals surface area (Å²) in [4.78, 5) is 15.2. The summed E-state index contributed by atoms with van der Waals surface area (Å²) in [5, 5.41) is 6.42. The van der Waals surface area contributed by atoms with Crippen molar-refractivity contribution in [1.29, 1.82) is 0 Å². The van der Waals surface area contributed by atoms with Gasteiger partial charge in [0.05, 0.1) is 16.9 Å². The number of rotatable bonds is 5. The van der Waals surface area contributed by atoms with Crippen LogP contribution in [0.4, 0.5) is 17.2 Å². The van der Waals surface area contributed by atoms with Gasteiger partial charge in [0, 0.05) is 41.6 Å². The Hall–Kier alpha value is -3.83. The number of nitrogens with one attached hydrogen (secondary N) is 2. The smallest absolute Gasteiger partial charge is 0.139 e. The largest absolute Gasteiger partial charge is 0.372 e. The molecule has 36 heavy (non-hydrogen) atoms. The second-order valence-corrected chi connectivity index (χ2v) is 9.70. The number of aromatic amines is 1. The zero-order valence-corrected chi connectivity index (χ0v) is 20.8. The molecule has 5 nitrogen and oxygen atoms in total. The molecular weight excluding hydrogens is 466 g/mol. The Morgan fingerprint density at radius 2 is 1.67 bits per heavy atom. The topological polar surface area (TPSA) is 56.8 Å². The molecule has 0 spiro atoms. The molecule has 0 radical (unpaired) electrons. The van der Waals surface area contributed by atoms with Crippen LogP contribution in [-0.4, -0.2) is 28.0 Å². The van der Waals surface area contributed by atoms with Crippen LogP contribution in [0.5, 0.6) is 0 Å². The Labute approximate surface area is 216 Å². The molecule has 0 saturated carbocycles. The lowest BCUT2D eigenvalue weighted by molar-refractivity contribution is 0.726. The first-order valence-electron chi connectivity index (χ1n) is 12.6. The van der Waals surface area contributed by atoms with Gasteiger partial charge in [-0.1, -0.05) is 54.8 Å². The molecule has 0 amide bonds. The summed E-state index contributed by atoms with van der Waals surface area (Å²) >= 11 is 6.58. The molecular formula is C30H28ClN5. The van der Waals surface area contributed by atoms with E-state index >= 15 is 0 Å². The number of benzene rings is 3. The average molecular weight is 494 g/mol. The quantitative estimate of drug-likeness (QED) is 0.260. The summed E-state index contributed by atoms with van der Waals surface area (Å²) in [6.07, 6.45) is 8.90. The van der Waals surface area contributed by atoms with E-state index in [4.69, 9.17) is 11.6 Å². The fraction of sp³-hybridized carbons (Fsp3) is 0.200. The van der Waals surface area contributed by atoms with Crippen molar-refractivity contribution in [2.24, 2.45) is 0 Å². The van der Waals surface area contributed by atoms with Crippen molar-refractivity contribution in [2.45, 2.75) is 25.7 Å². The summed E-state index contributed by atoms with van der Waals surface area (Å²) in [5.74, 6) is 1.56. The molecule has 0 atom stereocenters. The van der Waals surface area contributed by atoms with Gasteiger partial charge in [0.15, 0.2) is 0 Å². The van der Waals surface area contributed by atoms with E-state index in [-0.39, 0.29) is 0 Å². The van der Waals surface area contributed by atoms with Crippen LogP contribution in [0.2, 0.25) is 5.02 Å². The van der Waals surface area contributed by atoms with E-state index in [9.17, 15) is 0 Å². The number of nitrogens with zero attached hydrogens (tertiary/aromatic N) is 3. The van der Waals surface area contributed by atoms with Gasteiger partial charge in [0.2, 0.25) is 0 Å². The van der Waals surface area contributed by atoms with E-state index in [1.54, 1.807) is 0 Å². The second-order valence-electron chi connectivity index (χ2n) is 9.30. The number of pyridine rings is 1. The van der Waals surface area contributed by atoms with Crippen LogP contribution >= 0.6 is 11.6 Å². The lowest BCUT2D eigenvalue weighted by Crippen LogP contribution is -2.23. The monoisotopic (exact) mass is 493 g/mol. The molecule has 1 saturated heterocycles. The molecule has 0 bridgehead atoms. The van der Waals surface area contributed by atoms with Crippen LogP contribution in [-0.2, 0) is 0 Å². The fourth-order valence-electron chi connectivity index (χ4n) is 4.93. The molecule has 0 unspecified atom stereocenters. The van der Waals surface area contributed by atoms with Crippen molar-refractivity contribution in [2.75, 3.05) is 23.3 Å². The summed E-state index contributed by atoms with van der Waals surface area (Å²) in [6, 6.07) is 24.8. The van der Waals surface area contributed by atoms with Crippen molar-refractivity contribution in [3.63, 3.8) is 0 Å². The highest BCUT2D eigenvalue weighted by atomic mass is 35.5. The Balaban J connectivity index is 1.28. The normalized spacial score (nSPS) is 14.1. The van der Waals surface area contributed by atoms with Crippen LogP contribution in [0, 0.1) is 0 Å². The number of hydrogen-bond donors (Lipinski definition) is 2. The number of aromatic nitrogens is 3. The molecule has 3 heterocycles. The molecule has 180 valence electrons. The van der Waals surface area contributed by atoms with Gasteiger partial charge in [-0.05, 0) is 66.3 Å². The summed E-state index contributed by atoms with van der Waals surface area (Å²) in [6.45, 7) is 2.27. The summed E-state index contributed by atoms with van der Waals surface area (Å²) in [5.41, 5.74) is 5.08. The Bertz CT molecular complexity index is 1490. The first kappa shape index (κ1) is 22.6. The highest BCUT2D eigenvalue weighted by Gasteiger charge is 2.13. The van der Waals surface area contributed by atoms with E-state index < -0.39 is 0 Å². The lowest BCUT2D eigenvalue weighted by atomic mass is 10.1. The van der Waals surface area contributed by atoms with Crippen LogP contribution in [0.1, 0.15) is 25.7 Å². The van der Waals surface area contributed by atoms with Gasteiger partial charge in [-0.15, -0.1) is 0 Å². The Morgan fingerprint density at radius 3 is 2.50 bits per heavy atom. The number of imidazole rings is 1. The molecule has 5 aromatic rings. The highest BCUT2D eigenvalue weighted by Crippen LogP contribution is 2.33. The van der Waals surface area contributed by atoms with Gasteiger partial charge >= 0.3 is 0 Å². The highest BCUT2D eigenvalue weighted by molar-refractivity contribution is 6.33. The summed E-state index contributed by atoms with van der Waals surface area (Å²) in [7, 11) is 0. The Kier molecular flexibility index (Phi) is 6.31. The maximum atomic E-state index is 6.58. The van der Waals surface area contributed by atoms with Crippen molar-refractivity contribution in [3.05, 3.63) is 90.2 Å². The minimum absolute atomic E-state index is 0.641.